The van der Waals surface area contributed by atoms with E-state index in [-0.39, 0.29) is 64.5 Å². The van der Waals surface area contributed by atoms with Crippen molar-refractivity contribution in [1.29, 1.82) is 0 Å². The summed E-state index contributed by atoms with van der Waals surface area (Å²) in [5.74, 6) is -8.91. The van der Waals surface area contributed by atoms with E-state index >= 15 is 8.78 Å². The number of allylic oxidation sites excluding steroid dienone is 1. The molecule has 16 heteroatoms. The van der Waals surface area contributed by atoms with E-state index in [1.165, 1.54) is 24.4 Å². The summed E-state index contributed by atoms with van der Waals surface area (Å²) in [7, 11) is 0. The van der Waals surface area contributed by atoms with Gasteiger partial charge in [0.15, 0.2) is 5.65 Å². The molecule has 258 valence electrons. The molecule has 2 aliphatic heterocycles. The quantitative estimate of drug-likeness (QED) is 0.263. The molecule has 0 saturated heterocycles. The highest BCUT2D eigenvalue weighted by atomic mass is 19.3. The second-order valence-corrected chi connectivity index (χ2v) is 12.5. The van der Waals surface area contributed by atoms with Crippen LogP contribution in [0.15, 0.2) is 76.8 Å². The Morgan fingerprint density at radius 3 is 2.60 bits per heavy atom. The van der Waals surface area contributed by atoms with Crippen LogP contribution in [0.25, 0.3) is 16.7 Å². The molecular formula is C34H27F6N7O3. The molecule has 0 spiro atoms. The van der Waals surface area contributed by atoms with Crippen LogP contribution in [0, 0.1) is 23.5 Å². The molecule has 1 aliphatic carbocycles. The number of alkyl halides is 4. The molecule has 50 heavy (non-hydrogen) atoms. The number of amides is 2. The van der Waals surface area contributed by atoms with Crippen molar-refractivity contribution in [2.24, 2.45) is 16.9 Å². The van der Waals surface area contributed by atoms with Crippen molar-refractivity contribution in [2.45, 2.75) is 37.8 Å². The van der Waals surface area contributed by atoms with Gasteiger partial charge in [-0.3, -0.25) is 24.0 Å². The topological polar surface area (TPSA) is 122 Å². The molecular weight excluding hydrogens is 668 g/mol. The predicted molar refractivity (Wildman–Crippen MR) is 168 cm³/mol. The molecule has 2 aromatic carbocycles. The van der Waals surface area contributed by atoms with Crippen LogP contribution in [0.2, 0.25) is 0 Å². The first kappa shape index (κ1) is 33.0. The number of carbonyl (C=O) groups is 2. The zero-order valence-electron chi connectivity index (χ0n) is 26.0. The van der Waals surface area contributed by atoms with Gasteiger partial charge in [0.25, 0.3) is 23.8 Å². The van der Waals surface area contributed by atoms with Gasteiger partial charge in [0, 0.05) is 36.7 Å². The van der Waals surface area contributed by atoms with E-state index in [0.29, 0.717) is 16.6 Å². The van der Waals surface area contributed by atoms with Gasteiger partial charge < -0.3 is 10.6 Å². The minimum atomic E-state index is -3.38. The van der Waals surface area contributed by atoms with Crippen LogP contribution < -0.4 is 16.2 Å². The molecule has 2 N–H and O–H groups in total. The van der Waals surface area contributed by atoms with Crippen molar-refractivity contribution >= 4 is 28.6 Å². The van der Waals surface area contributed by atoms with Crippen LogP contribution in [-0.4, -0.2) is 62.5 Å². The number of hydrogen-bond acceptors (Lipinski definition) is 7. The molecule has 4 heterocycles. The lowest BCUT2D eigenvalue weighted by Crippen LogP contribution is -2.45. The minimum Gasteiger partial charge on any atom is -0.348 e. The standard InChI is InChI=1S/C34H27F6N7O3/c1-16-23-12-25(23)34(39,40)15-46(45-28(16)29(37)38)14-27(48)43-26(9-17-7-19(35)10-20(36)8-17)31-44-30-22(3-2-6-41-30)33(50)47(31)21-5-4-18-13-42-32(49)24(18)11-21/h2-8,10-11,23,25-26,29H,1,9,12-15H2,(H,42,49)(H,43,48)/t23-,25-,26+/m1/s1. The first-order valence-electron chi connectivity index (χ1n) is 15.5. The third-order valence-corrected chi connectivity index (χ3v) is 9.00. The van der Waals surface area contributed by atoms with Crippen molar-refractivity contribution in [3.8, 4) is 5.69 Å². The van der Waals surface area contributed by atoms with Gasteiger partial charge in [0.1, 0.15) is 36.3 Å². The third kappa shape index (κ3) is 6.20. The molecule has 2 aromatic heterocycles. The fraction of sp³-hybridized carbons (Fsp3) is 0.294. The lowest BCUT2D eigenvalue weighted by Gasteiger charge is -2.29. The number of carbonyl (C=O) groups excluding carboxylic acids is 2. The van der Waals surface area contributed by atoms with Crippen LogP contribution in [0.3, 0.4) is 0 Å². The van der Waals surface area contributed by atoms with Gasteiger partial charge in [0.05, 0.1) is 17.1 Å². The van der Waals surface area contributed by atoms with Crippen LogP contribution in [0.1, 0.15) is 39.8 Å². The van der Waals surface area contributed by atoms with Gasteiger partial charge in [0.2, 0.25) is 5.91 Å². The van der Waals surface area contributed by atoms with Crippen LogP contribution >= 0.6 is 0 Å². The number of hydrogen-bond donors (Lipinski definition) is 2. The molecule has 4 aromatic rings. The maximum absolute atomic E-state index is 15.1. The Bertz CT molecular complexity index is 2150. The molecule has 7 rings (SSSR count). The molecule has 3 atom stereocenters. The number of nitrogens with zero attached hydrogens (tertiary/aromatic N) is 5. The zero-order valence-corrected chi connectivity index (χ0v) is 26.0. The molecule has 1 fully saturated rings. The zero-order chi connectivity index (χ0) is 35.5. The lowest BCUT2D eigenvalue weighted by molar-refractivity contribution is -0.125. The molecule has 0 radical (unpaired) electrons. The molecule has 10 nitrogen and oxygen atoms in total. The number of fused-ring (bicyclic) bond motifs is 3. The van der Waals surface area contributed by atoms with Gasteiger partial charge in [-0.2, -0.15) is 5.10 Å². The smallest absolute Gasteiger partial charge is 0.282 e. The van der Waals surface area contributed by atoms with E-state index in [9.17, 15) is 31.9 Å². The average Bonchev–Trinajstić information content (AvgIpc) is 3.79. The van der Waals surface area contributed by atoms with E-state index in [1.54, 1.807) is 12.1 Å². The Labute approximate surface area is 279 Å². The van der Waals surface area contributed by atoms with E-state index in [2.05, 4.69) is 32.3 Å². The summed E-state index contributed by atoms with van der Waals surface area (Å²) in [5.41, 5.74) is -0.592. The van der Waals surface area contributed by atoms with Gasteiger partial charge in [-0.15, -0.1) is 0 Å². The van der Waals surface area contributed by atoms with Crippen LogP contribution in [0.4, 0.5) is 26.3 Å². The summed E-state index contributed by atoms with van der Waals surface area (Å²) in [6.07, 6.45) is -2.20. The highest BCUT2D eigenvalue weighted by molar-refractivity contribution is 6.03. The average molecular weight is 696 g/mol. The summed E-state index contributed by atoms with van der Waals surface area (Å²) in [4.78, 5) is 49.0. The number of rotatable bonds is 8. The Morgan fingerprint density at radius 2 is 1.86 bits per heavy atom. The van der Waals surface area contributed by atoms with Crippen molar-refractivity contribution in [3.63, 3.8) is 0 Å². The molecule has 0 unspecified atom stereocenters. The summed E-state index contributed by atoms with van der Waals surface area (Å²) in [6, 6.07) is 8.85. The minimum absolute atomic E-state index is 0.0231. The number of benzene rings is 2. The van der Waals surface area contributed by atoms with Gasteiger partial charge in [-0.1, -0.05) is 12.6 Å². The predicted octanol–water partition coefficient (Wildman–Crippen LogP) is 4.47. The normalized spacial score (nSPS) is 20.1. The van der Waals surface area contributed by atoms with E-state index in [0.717, 1.165) is 16.7 Å². The maximum atomic E-state index is 15.1. The Morgan fingerprint density at radius 1 is 1.10 bits per heavy atom. The number of halogens is 6. The molecule has 0 bridgehead atoms. The number of nitrogens with one attached hydrogen (secondary N) is 2. The van der Waals surface area contributed by atoms with Crippen molar-refractivity contribution in [3.05, 3.63) is 111 Å². The molecule has 1 saturated carbocycles. The fourth-order valence-electron chi connectivity index (χ4n) is 6.56. The van der Waals surface area contributed by atoms with E-state index in [4.69, 9.17) is 0 Å². The fourth-order valence-corrected chi connectivity index (χ4v) is 6.56. The van der Waals surface area contributed by atoms with Crippen molar-refractivity contribution in [1.82, 2.24) is 30.2 Å². The molecule has 3 aliphatic rings. The summed E-state index contributed by atoms with van der Waals surface area (Å²) < 4.78 is 87.9. The van der Waals surface area contributed by atoms with Gasteiger partial charge in [-0.25, -0.2) is 36.3 Å². The second-order valence-electron chi connectivity index (χ2n) is 12.5. The Balaban J connectivity index is 1.32. The first-order valence-corrected chi connectivity index (χ1v) is 15.5. The number of hydrazone groups is 1. The van der Waals surface area contributed by atoms with Gasteiger partial charge >= 0.3 is 0 Å². The molecule has 2 amide bonds. The van der Waals surface area contributed by atoms with E-state index < -0.39 is 72.1 Å². The summed E-state index contributed by atoms with van der Waals surface area (Å²) in [5, 5.41) is 9.60. The number of pyridine rings is 1. The summed E-state index contributed by atoms with van der Waals surface area (Å²) >= 11 is 0. The Kier molecular flexibility index (Phi) is 8.19. The maximum Gasteiger partial charge on any atom is 0.282 e. The summed E-state index contributed by atoms with van der Waals surface area (Å²) in [6.45, 7) is 1.76. The van der Waals surface area contributed by atoms with Crippen molar-refractivity contribution in [2.75, 3.05) is 13.1 Å². The Hall–Kier alpha value is -5.54. The monoisotopic (exact) mass is 695 g/mol. The largest absolute Gasteiger partial charge is 0.348 e. The second kappa shape index (κ2) is 12.4. The van der Waals surface area contributed by atoms with Gasteiger partial charge in [-0.05, 0) is 65.4 Å². The first-order chi connectivity index (χ1) is 23.8. The van der Waals surface area contributed by atoms with Crippen LogP contribution in [0.5, 0.6) is 0 Å². The van der Waals surface area contributed by atoms with Crippen molar-refractivity contribution < 1.29 is 35.9 Å². The highest BCUT2D eigenvalue weighted by Gasteiger charge is 2.58. The third-order valence-electron chi connectivity index (χ3n) is 9.00. The lowest BCUT2D eigenvalue weighted by atomic mass is 10.0. The highest BCUT2D eigenvalue weighted by Crippen LogP contribution is 2.54. The van der Waals surface area contributed by atoms with E-state index in [1.807, 2.05) is 0 Å². The number of aromatic nitrogens is 3. The van der Waals surface area contributed by atoms with Crippen LogP contribution in [-0.2, 0) is 17.8 Å². The SMILES string of the molecule is C=C1C(C(F)F)=NN(CC(=O)N[C@@H](Cc2cc(F)cc(F)c2)c2nc3ncccc3c(=O)n2-c2ccc3c(c2)C(=O)NC3)CC(F)(F)[C@@H]2C[C@H]12.